The van der Waals surface area contributed by atoms with Gasteiger partial charge in [0.15, 0.2) is 0 Å². The highest BCUT2D eigenvalue weighted by atomic mass is 127. The van der Waals surface area contributed by atoms with Crippen LogP contribution in [0.4, 0.5) is 0 Å². The molecular weight excluding hydrogens is 343 g/mol. The highest BCUT2D eigenvalue weighted by Gasteiger charge is 2.35. The first-order valence-electron chi connectivity index (χ1n) is 7.13. The van der Waals surface area contributed by atoms with E-state index in [9.17, 15) is 0 Å². The van der Waals surface area contributed by atoms with Crippen molar-refractivity contribution in [1.82, 2.24) is 0 Å². The Hall–Kier alpha value is -0.830. The van der Waals surface area contributed by atoms with E-state index in [1.807, 2.05) is 0 Å². The molecule has 0 aromatic heterocycles. The third kappa shape index (κ3) is 2.58. The highest BCUT2D eigenvalue weighted by molar-refractivity contribution is 14.1. The van der Waals surface area contributed by atoms with Crippen LogP contribution in [0.2, 0.25) is 0 Å². The minimum Gasteiger partial charge on any atom is -0.0622 e. The van der Waals surface area contributed by atoms with E-state index in [4.69, 9.17) is 0 Å². The molecule has 0 atom stereocenters. The minimum absolute atomic E-state index is 0.254. The second-order valence-electron chi connectivity index (χ2n) is 5.52. The van der Waals surface area contributed by atoms with Gasteiger partial charge in [-0.05, 0) is 58.7 Å². The fourth-order valence-electron chi connectivity index (χ4n) is 3.43. The lowest BCUT2D eigenvalue weighted by Crippen LogP contribution is -2.30. The summed E-state index contributed by atoms with van der Waals surface area (Å²) in [6.07, 6.45) is 6.66. The Morgan fingerprint density at radius 2 is 1.26 bits per heavy atom. The first-order valence-corrected chi connectivity index (χ1v) is 8.21. The Morgan fingerprint density at radius 3 is 1.89 bits per heavy atom. The molecular formula is C18H19I. The van der Waals surface area contributed by atoms with E-state index in [1.165, 1.54) is 46.8 Å². The molecule has 1 heteroatoms. The second kappa shape index (κ2) is 5.66. The predicted octanol–water partition coefficient (Wildman–Crippen LogP) is 5.54. The molecule has 0 N–H and O–H groups in total. The van der Waals surface area contributed by atoms with Crippen LogP contribution in [0.1, 0.15) is 43.2 Å². The molecule has 0 unspecified atom stereocenters. The van der Waals surface area contributed by atoms with Crippen LogP contribution in [0, 0.1) is 3.57 Å². The Balaban J connectivity index is 2.09. The largest absolute Gasteiger partial charge is 0.0622 e. The van der Waals surface area contributed by atoms with Gasteiger partial charge in [-0.15, -0.1) is 0 Å². The van der Waals surface area contributed by atoms with E-state index in [1.54, 1.807) is 0 Å². The van der Waals surface area contributed by atoms with E-state index in [2.05, 4.69) is 77.2 Å². The maximum atomic E-state index is 2.39. The normalized spacial score (nSPS) is 18.2. The van der Waals surface area contributed by atoms with Crippen molar-refractivity contribution in [1.29, 1.82) is 0 Å². The number of benzene rings is 2. The lowest BCUT2D eigenvalue weighted by Gasteiger charge is -2.38. The molecule has 1 aliphatic carbocycles. The molecule has 0 bridgehead atoms. The van der Waals surface area contributed by atoms with Gasteiger partial charge in [0, 0.05) is 8.99 Å². The summed E-state index contributed by atoms with van der Waals surface area (Å²) in [6.45, 7) is 0. The van der Waals surface area contributed by atoms with Gasteiger partial charge in [0.1, 0.15) is 0 Å². The van der Waals surface area contributed by atoms with E-state index >= 15 is 0 Å². The highest BCUT2D eigenvalue weighted by Crippen LogP contribution is 2.44. The van der Waals surface area contributed by atoms with Gasteiger partial charge in [-0.1, -0.05) is 61.7 Å². The summed E-state index contributed by atoms with van der Waals surface area (Å²) in [7, 11) is 0. The SMILES string of the molecule is Ic1ccc(C2(c3ccccc3)CCCCC2)cc1. The third-order valence-electron chi connectivity index (χ3n) is 4.43. The van der Waals surface area contributed by atoms with Crippen molar-refractivity contribution in [3.63, 3.8) is 0 Å². The zero-order chi connectivity index (χ0) is 13.1. The van der Waals surface area contributed by atoms with Gasteiger partial charge in [-0.2, -0.15) is 0 Å². The van der Waals surface area contributed by atoms with Crippen LogP contribution < -0.4 is 0 Å². The van der Waals surface area contributed by atoms with Gasteiger partial charge in [0.2, 0.25) is 0 Å². The maximum absolute atomic E-state index is 2.39. The van der Waals surface area contributed by atoms with Gasteiger partial charge in [-0.3, -0.25) is 0 Å². The van der Waals surface area contributed by atoms with E-state index in [-0.39, 0.29) is 5.41 Å². The average molecular weight is 362 g/mol. The zero-order valence-electron chi connectivity index (χ0n) is 11.1. The standard InChI is InChI=1S/C18H19I/c19-17-11-9-16(10-12-17)18(13-5-2-6-14-18)15-7-3-1-4-8-15/h1,3-4,7-12H,2,5-6,13-14H2. The third-order valence-corrected chi connectivity index (χ3v) is 5.15. The molecule has 3 rings (SSSR count). The zero-order valence-corrected chi connectivity index (χ0v) is 13.3. The van der Waals surface area contributed by atoms with Crippen molar-refractivity contribution in [2.75, 3.05) is 0 Å². The Morgan fingerprint density at radius 1 is 0.684 bits per heavy atom. The summed E-state index contributed by atoms with van der Waals surface area (Å²) in [5.74, 6) is 0. The predicted molar refractivity (Wildman–Crippen MR) is 89.5 cm³/mol. The first-order chi connectivity index (χ1) is 9.31. The molecule has 0 amide bonds. The van der Waals surface area contributed by atoms with Crippen molar-refractivity contribution < 1.29 is 0 Å². The first kappa shape index (κ1) is 13.2. The molecule has 0 radical (unpaired) electrons. The quantitative estimate of drug-likeness (QED) is 0.615. The van der Waals surface area contributed by atoms with Crippen molar-refractivity contribution in [2.24, 2.45) is 0 Å². The van der Waals surface area contributed by atoms with Crippen molar-refractivity contribution in [3.05, 3.63) is 69.3 Å². The molecule has 2 aromatic rings. The Labute approximate surface area is 129 Å². The summed E-state index contributed by atoms with van der Waals surface area (Å²) in [5, 5.41) is 0. The van der Waals surface area contributed by atoms with E-state index in [0.717, 1.165) is 0 Å². The van der Waals surface area contributed by atoms with Gasteiger partial charge >= 0.3 is 0 Å². The molecule has 19 heavy (non-hydrogen) atoms. The molecule has 1 fully saturated rings. The number of hydrogen-bond donors (Lipinski definition) is 0. The van der Waals surface area contributed by atoms with Crippen LogP contribution in [0.25, 0.3) is 0 Å². The lowest BCUT2D eigenvalue weighted by molar-refractivity contribution is 0.346. The van der Waals surface area contributed by atoms with E-state index < -0.39 is 0 Å². The fraction of sp³-hybridized carbons (Fsp3) is 0.333. The van der Waals surface area contributed by atoms with Crippen LogP contribution >= 0.6 is 22.6 Å². The summed E-state index contributed by atoms with van der Waals surface area (Å²) in [6, 6.07) is 20.3. The smallest absolute Gasteiger partial charge is 0.0202 e. The van der Waals surface area contributed by atoms with Gasteiger partial charge < -0.3 is 0 Å². The van der Waals surface area contributed by atoms with Crippen molar-refractivity contribution in [2.45, 2.75) is 37.5 Å². The number of hydrogen-bond acceptors (Lipinski definition) is 0. The van der Waals surface area contributed by atoms with Gasteiger partial charge in [-0.25, -0.2) is 0 Å². The molecule has 0 aliphatic heterocycles. The molecule has 0 nitrogen and oxygen atoms in total. The van der Waals surface area contributed by atoms with Crippen LogP contribution in [0.15, 0.2) is 54.6 Å². The van der Waals surface area contributed by atoms with Crippen LogP contribution in [0.3, 0.4) is 0 Å². The molecule has 1 saturated carbocycles. The Bertz CT molecular complexity index is 521. The minimum atomic E-state index is 0.254. The van der Waals surface area contributed by atoms with Gasteiger partial charge in [0.05, 0.1) is 0 Å². The molecule has 98 valence electrons. The lowest BCUT2D eigenvalue weighted by atomic mass is 9.65. The second-order valence-corrected chi connectivity index (χ2v) is 6.76. The van der Waals surface area contributed by atoms with Crippen molar-refractivity contribution >= 4 is 22.6 Å². The number of halogens is 1. The molecule has 2 aromatic carbocycles. The number of rotatable bonds is 2. The van der Waals surface area contributed by atoms with E-state index in [0.29, 0.717) is 0 Å². The topological polar surface area (TPSA) is 0 Å². The summed E-state index contributed by atoms with van der Waals surface area (Å²) < 4.78 is 1.32. The molecule has 0 saturated heterocycles. The molecule has 0 spiro atoms. The molecule has 0 heterocycles. The summed E-state index contributed by atoms with van der Waals surface area (Å²) >= 11 is 2.39. The van der Waals surface area contributed by atoms with Gasteiger partial charge in [0.25, 0.3) is 0 Å². The Kier molecular flexibility index (Phi) is 3.92. The maximum Gasteiger partial charge on any atom is 0.0202 e. The summed E-state index contributed by atoms with van der Waals surface area (Å²) in [5.41, 5.74) is 3.25. The van der Waals surface area contributed by atoms with Crippen LogP contribution in [-0.4, -0.2) is 0 Å². The van der Waals surface area contributed by atoms with Crippen molar-refractivity contribution in [3.8, 4) is 0 Å². The average Bonchev–Trinajstić information content (AvgIpc) is 2.49. The molecule has 1 aliphatic rings. The summed E-state index contributed by atoms with van der Waals surface area (Å²) in [4.78, 5) is 0. The monoisotopic (exact) mass is 362 g/mol. The fourth-order valence-corrected chi connectivity index (χ4v) is 3.79. The van der Waals surface area contributed by atoms with Crippen LogP contribution in [0.5, 0.6) is 0 Å². The van der Waals surface area contributed by atoms with Crippen LogP contribution in [-0.2, 0) is 5.41 Å².